The Labute approximate surface area is 167 Å². The van der Waals surface area contributed by atoms with Gasteiger partial charge in [-0.3, -0.25) is 4.99 Å². The molecule has 26 heavy (non-hydrogen) atoms. The van der Waals surface area contributed by atoms with Gasteiger partial charge in [-0.25, -0.2) is 13.6 Å². The Balaban J connectivity index is 1.76. The number of aryl methyl sites for hydroxylation is 1. The number of rotatable bonds is 7. The van der Waals surface area contributed by atoms with E-state index in [0.717, 1.165) is 34.6 Å². The van der Waals surface area contributed by atoms with Gasteiger partial charge in [-0.15, -0.1) is 11.3 Å². The first-order valence-electron chi connectivity index (χ1n) is 7.79. The van der Waals surface area contributed by atoms with Crippen molar-refractivity contribution in [2.24, 2.45) is 10.1 Å². The summed E-state index contributed by atoms with van der Waals surface area (Å²) in [4.78, 5) is 5.00. The first-order chi connectivity index (χ1) is 12.3. The number of nitrogens with zero attached hydrogens (tertiary/aromatic N) is 1. The van der Waals surface area contributed by atoms with E-state index in [2.05, 4.69) is 15.6 Å². The number of nitrogens with two attached hydrogens (primary N) is 1. The second kappa shape index (κ2) is 9.57. The summed E-state index contributed by atoms with van der Waals surface area (Å²) in [5.41, 5.74) is 1.05. The molecule has 10 heteroatoms. The lowest BCUT2D eigenvalue weighted by atomic mass is 10.1. The summed E-state index contributed by atoms with van der Waals surface area (Å²) in [6.07, 6.45) is 1.69. The summed E-state index contributed by atoms with van der Waals surface area (Å²) in [7, 11) is -1.97. The van der Waals surface area contributed by atoms with Crippen molar-refractivity contribution in [1.29, 1.82) is 0 Å². The Hall–Kier alpha value is -1.32. The van der Waals surface area contributed by atoms with Gasteiger partial charge in [-0.2, -0.15) is 0 Å². The number of primary sulfonamides is 1. The van der Waals surface area contributed by atoms with Crippen molar-refractivity contribution in [2.45, 2.75) is 23.6 Å². The molecule has 0 saturated carbocycles. The van der Waals surface area contributed by atoms with Gasteiger partial charge in [0.05, 0.1) is 6.54 Å². The van der Waals surface area contributed by atoms with Crippen LogP contribution in [0, 0.1) is 0 Å². The van der Waals surface area contributed by atoms with Crippen LogP contribution in [-0.4, -0.2) is 28.0 Å². The van der Waals surface area contributed by atoms with Gasteiger partial charge in [0.25, 0.3) is 0 Å². The van der Waals surface area contributed by atoms with Gasteiger partial charge in [-0.05, 0) is 42.7 Å². The van der Waals surface area contributed by atoms with Crippen molar-refractivity contribution in [3.63, 3.8) is 0 Å². The van der Waals surface area contributed by atoms with Crippen LogP contribution in [0.1, 0.15) is 16.9 Å². The van der Waals surface area contributed by atoms with Gasteiger partial charge in [-0.1, -0.05) is 29.3 Å². The van der Waals surface area contributed by atoms with E-state index in [4.69, 9.17) is 28.3 Å². The number of aliphatic imine (C=N–C) groups is 1. The lowest BCUT2D eigenvalue weighted by Crippen LogP contribution is -2.37. The van der Waals surface area contributed by atoms with Crippen LogP contribution in [0.2, 0.25) is 10.0 Å². The molecule has 2 aromatic rings. The average Bonchev–Trinajstić information content (AvgIpc) is 3.05. The molecule has 1 aromatic carbocycles. The van der Waals surface area contributed by atoms with Crippen LogP contribution in [0.25, 0.3) is 0 Å². The molecule has 0 unspecified atom stereocenters. The third kappa shape index (κ3) is 6.44. The lowest BCUT2D eigenvalue weighted by Gasteiger charge is -2.11. The van der Waals surface area contributed by atoms with Gasteiger partial charge in [0.15, 0.2) is 5.96 Å². The van der Waals surface area contributed by atoms with Crippen molar-refractivity contribution >= 4 is 50.5 Å². The molecule has 142 valence electrons. The first kappa shape index (κ1) is 21.0. The molecule has 4 N–H and O–H groups in total. The third-order valence-corrected chi connectivity index (χ3v) is 6.61. The Morgan fingerprint density at radius 2 is 2.00 bits per heavy atom. The molecule has 1 aromatic heterocycles. The molecule has 0 bridgehead atoms. The van der Waals surface area contributed by atoms with Crippen LogP contribution < -0.4 is 15.8 Å². The summed E-state index contributed by atoms with van der Waals surface area (Å²) < 4.78 is 22.7. The highest BCUT2D eigenvalue weighted by Crippen LogP contribution is 2.22. The fourth-order valence-corrected chi connectivity index (χ4v) is 4.43. The molecule has 0 fully saturated rings. The van der Waals surface area contributed by atoms with Gasteiger partial charge in [0.1, 0.15) is 4.21 Å². The van der Waals surface area contributed by atoms with Crippen LogP contribution in [0.4, 0.5) is 0 Å². The molecular formula is C16H20Cl2N4O2S2. The quantitative estimate of drug-likeness (QED) is 0.354. The molecule has 2 rings (SSSR count). The lowest BCUT2D eigenvalue weighted by molar-refractivity contribution is 0.600. The summed E-state index contributed by atoms with van der Waals surface area (Å²) in [5.74, 6) is 0.637. The SMILES string of the molecule is CN=C(NCCCc1ccc(Cl)cc1Cl)NCc1ccc(S(N)(=O)=O)s1. The minimum Gasteiger partial charge on any atom is -0.356 e. The van der Waals surface area contributed by atoms with Gasteiger partial charge in [0, 0.05) is 28.5 Å². The van der Waals surface area contributed by atoms with Gasteiger partial charge in [0.2, 0.25) is 10.0 Å². The smallest absolute Gasteiger partial charge is 0.247 e. The van der Waals surface area contributed by atoms with Crippen molar-refractivity contribution in [1.82, 2.24) is 10.6 Å². The number of thiophene rings is 1. The van der Waals surface area contributed by atoms with E-state index in [9.17, 15) is 8.42 Å². The Morgan fingerprint density at radius 3 is 2.62 bits per heavy atom. The zero-order chi connectivity index (χ0) is 19.2. The Morgan fingerprint density at radius 1 is 1.23 bits per heavy atom. The van der Waals surface area contributed by atoms with Crippen LogP contribution in [0.15, 0.2) is 39.5 Å². The largest absolute Gasteiger partial charge is 0.356 e. The van der Waals surface area contributed by atoms with Crippen LogP contribution in [-0.2, 0) is 23.0 Å². The number of hydrogen-bond donors (Lipinski definition) is 3. The number of nitrogens with one attached hydrogen (secondary N) is 2. The number of halogens is 2. The van der Waals surface area contributed by atoms with Crippen molar-refractivity contribution in [3.8, 4) is 0 Å². The molecular weight excluding hydrogens is 415 g/mol. The molecule has 0 amide bonds. The monoisotopic (exact) mass is 434 g/mol. The highest BCUT2D eigenvalue weighted by Gasteiger charge is 2.11. The minimum atomic E-state index is -3.65. The topological polar surface area (TPSA) is 96.6 Å². The van der Waals surface area contributed by atoms with E-state index in [1.165, 1.54) is 6.07 Å². The fourth-order valence-electron chi connectivity index (χ4n) is 2.21. The Kier molecular flexibility index (Phi) is 7.72. The van der Waals surface area contributed by atoms with Crippen molar-refractivity contribution in [3.05, 3.63) is 50.8 Å². The fraction of sp³-hybridized carbons (Fsp3) is 0.312. The maximum atomic E-state index is 11.3. The summed E-state index contributed by atoms with van der Waals surface area (Å²) >= 11 is 13.2. The molecule has 0 saturated heterocycles. The van der Waals surface area contributed by atoms with Crippen LogP contribution >= 0.6 is 34.5 Å². The summed E-state index contributed by atoms with van der Waals surface area (Å²) in [6, 6.07) is 8.73. The molecule has 0 aliphatic heterocycles. The normalized spacial score (nSPS) is 12.2. The first-order valence-corrected chi connectivity index (χ1v) is 10.9. The van der Waals surface area contributed by atoms with E-state index >= 15 is 0 Å². The van der Waals surface area contributed by atoms with Gasteiger partial charge >= 0.3 is 0 Å². The molecule has 0 spiro atoms. The average molecular weight is 435 g/mol. The number of sulfonamides is 1. The Bertz CT molecular complexity index is 882. The second-order valence-corrected chi connectivity index (χ2v) is 9.26. The number of guanidine groups is 1. The van der Waals surface area contributed by atoms with Crippen LogP contribution in [0.3, 0.4) is 0 Å². The van der Waals surface area contributed by atoms with E-state index < -0.39 is 10.0 Å². The third-order valence-electron chi connectivity index (χ3n) is 3.50. The van der Waals surface area contributed by atoms with E-state index in [1.54, 1.807) is 19.2 Å². The summed E-state index contributed by atoms with van der Waals surface area (Å²) in [5, 5.41) is 12.8. The predicted octanol–water partition coefficient (Wildman–Crippen LogP) is 3.00. The molecule has 0 aliphatic rings. The maximum Gasteiger partial charge on any atom is 0.247 e. The van der Waals surface area contributed by atoms with Crippen LogP contribution in [0.5, 0.6) is 0 Å². The van der Waals surface area contributed by atoms with E-state index in [0.29, 0.717) is 29.1 Å². The summed E-state index contributed by atoms with van der Waals surface area (Å²) in [6.45, 7) is 1.17. The number of benzene rings is 1. The van der Waals surface area contributed by atoms with Crippen molar-refractivity contribution in [2.75, 3.05) is 13.6 Å². The van der Waals surface area contributed by atoms with Crippen molar-refractivity contribution < 1.29 is 8.42 Å². The second-order valence-electron chi connectivity index (χ2n) is 5.46. The predicted molar refractivity (Wildman–Crippen MR) is 109 cm³/mol. The highest BCUT2D eigenvalue weighted by atomic mass is 35.5. The zero-order valence-corrected chi connectivity index (χ0v) is 17.3. The highest BCUT2D eigenvalue weighted by molar-refractivity contribution is 7.91. The molecule has 0 atom stereocenters. The minimum absolute atomic E-state index is 0.150. The number of hydrogen-bond acceptors (Lipinski definition) is 4. The van der Waals surface area contributed by atoms with E-state index in [-0.39, 0.29) is 4.21 Å². The molecule has 6 nitrogen and oxygen atoms in total. The van der Waals surface area contributed by atoms with Gasteiger partial charge < -0.3 is 10.6 Å². The molecule has 0 aliphatic carbocycles. The molecule has 1 heterocycles. The molecule has 0 radical (unpaired) electrons. The maximum absolute atomic E-state index is 11.3. The van der Waals surface area contributed by atoms with E-state index in [1.807, 2.05) is 12.1 Å². The zero-order valence-electron chi connectivity index (χ0n) is 14.1. The standard InChI is InChI=1S/C16H20Cl2N4O2S2/c1-20-16(22-10-13-6-7-15(25-13)26(19,23)24)21-8-2-3-11-4-5-12(17)9-14(11)18/h4-7,9H,2-3,8,10H2,1H3,(H2,19,23,24)(H2,20,21,22).